The Labute approximate surface area is 67.9 Å². The van der Waals surface area contributed by atoms with E-state index in [1.807, 2.05) is 0 Å². The Kier molecular flexibility index (Phi) is 2.42. The fourth-order valence-corrected chi connectivity index (χ4v) is 1.44. The number of nitrogens with two attached hydrogens (primary N) is 1. The van der Waals surface area contributed by atoms with Crippen molar-refractivity contribution in [2.75, 3.05) is 0 Å². The summed E-state index contributed by atoms with van der Waals surface area (Å²) >= 11 is 0. The smallest absolute Gasteiger partial charge is 0.310 e. The molecule has 68 valence electrons. The molecule has 0 spiro atoms. The van der Waals surface area contributed by atoms with Crippen LogP contribution in [0.5, 0.6) is 0 Å². The van der Waals surface area contributed by atoms with Crippen LogP contribution in [0.2, 0.25) is 0 Å². The average Bonchev–Trinajstić information content (AvgIpc) is 2.30. The number of hydrogen-bond donors (Lipinski definition) is 2. The molecule has 1 rings (SSSR count). The summed E-state index contributed by atoms with van der Waals surface area (Å²) in [6, 6.07) is -0.781. The van der Waals surface area contributed by atoms with Crippen LogP contribution in [0.3, 0.4) is 0 Å². The molecule has 0 aromatic carbocycles. The maximum atomic E-state index is 12.1. The van der Waals surface area contributed by atoms with Crippen LogP contribution in [0.25, 0.3) is 0 Å². The van der Waals surface area contributed by atoms with Crippen LogP contribution in [-0.4, -0.2) is 17.1 Å². The Bertz CT molecular complexity index is 236. The molecule has 0 amide bonds. The van der Waals surface area contributed by atoms with Crippen molar-refractivity contribution in [2.45, 2.75) is 18.9 Å². The molecule has 1 saturated carbocycles. The van der Waals surface area contributed by atoms with Gasteiger partial charge >= 0.3 is 5.97 Å². The third kappa shape index (κ3) is 1.45. The number of carboxylic acids is 1. The molecule has 0 radical (unpaired) electrons. The highest BCUT2D eigenvalue weighted by Gasteiger charge is 2.36. The molecule has 0 aliphatic heterocycles. The molecule has 3 N–H and O–H groups in total. The summed E-state index contributed by atoms with van der Waals surface area (Å²) in [5.41, 5.74) is 4.91. The number of aliphatic carboxylic acids is 1. The van der Waals surface area contributed by atoms with E-state index in [2.05, 4.69) is 0 Å². The van der Waals surface area contributed by atoms with E-state index in [0.29, 0.717) is 6.42 Å². The van der Waals surface area contributed by atoms with Crippen LogP contribution < -0.4 is 5.73 Å². The van der Waals surface area contributed by atoms with Crippen molar-refractivity contribution < 1.29 is 18.7 Å². The van der Waals surface area contributed by atoms with Gasteiger partial charge in [-0.2, -0.15) is 8.78 Å². The minimum absolute atomic E-state index is 0.211. The van der Waals surface area contributed by atoms with Crippen LogP contribution in [0.1, 0.15) is 12.8 Å². The van der Waals surface area contributed by atoms with E-state index in [9.17, 15) is 13.6 Å². The molecule has 5 heteroatoms. The first-order valence-electron chi connectivity index (χ1n) is 3.57. The van der Waals surface area contributed by atoms with E-state index in [1.54, 1.807) is 0 Å². The van der Waals surface area contributed by atoms with Crippen LogP contribution in [0, 0.1) is 5.92 Å². The fourth-order valence-electron chi connectivity index (χ4n) is 1.44. The van der Waals surface area contributed by atoms with E-state index < -0.39 is 29.6 Å². The third-order valence-electron chi connectivity index (χ3n) is 2.06. The molecule has 1 fully saturated rings. The number of hydrogen-bond acceptors (Lipinski definition) is 2. The lowest BCUT2D eigenvalue weighted by atomic mass is 10.0. The zero-order chi connectivity index (χ0) is 9.30. The lowest BCUT2D eigenvalue weighted by molar-refractivity contribution is -0.140. The number of halogens is 2. The van der Waals surface area contributed by atoms with Crippen LogP contribution in [0.15, 0.2) is 11.7 Å². The predicted octanol–water partition coefficient (Wildman–Crippen LogP) is 0.959. The topological polar surface area (TPSA) is 63.3 Å². The quantitative estimate of drug-likeness (QED) is 0.627. The van der Waals surface area contributed by atoms with Gasteiger partial charge < -0.3 is 10.8 Å². The normalized spacial score (nSPS) is 29.1. The zero-order valence-electron chi connectivity index (χ0n) is 6.26. The largest absolute Gasteiger partial charge is 0.481 e. The predicted molar refractivity (Wildman–Crippen MR) is 37.6 cm³/mol. The van der Waals surface area contributed by atoms with E-state index in [1.165, 1.54) is 0 Å². The number of carboxylic acid groups (broad SMARTS) is 1. The molecule has 0 saturated heterocycles. The van der Waals surface area contributed by atoms with E-state index in [4.69, 9.17) is 10.8 Å². The second-order valence-electron chi connectivity index (χ2n) is 2.79. The molecule has 0 aromatic rings. The van der Waals surface area contributed by atoms with Crippen molar-refractivity contribution >= 4 is 5.97 Å². The van der Waals surface area contributed by atoms with Crippen molar-refractivity contribution in [3.63, 3.8) is 0 Å². The Morgan fingerprint density at radius 1 is 1.50 bits per heavy atom. The SMILES string of the molecule is N[C@H]1CC[C@H](C(=O)O)C1=C(F)F. The minimum atomic E-state index is -1.94. The molecule has 12 heavy (non-hydrogen) atoms. The van der Waals surface area contributed by atoms with Crippen molar-refractivity contribution in [2.24, 2.45) is 11.7 Å². The maximum Gasteiger partial charge on any atom is 0.310 e. The Morgan fingerprint density at radius 2 is 2.08 bits per heavy atom. The molecule has 1 aliphatic rings. The standard InChI is InChI=1S/C7H9F2NO2/c8-6(9)5-3(7(11)12)1-2-4(5)10/h3-4H,1-2,10H2,(H,11,12)/t3-,4-/m0/s1. The molecular formula is C7H9F2NO2. The van der Waals surface area contributed by atoms with Crippen molar-refractivity contribution in [1.29, 1.82) is 0 Å². The third-order valence-corrected chi connectivity index (χ3v) is 2.06. The van der Waals surface area contributed by atoms with Gasteiger partial charge in [0.05, 0.1) is 5.92 Å². The fraction of sp³-hybridized carbons (Fsp3) is 0.571. The van der Waals surface area contributed by atoms with Crippen LogP contribution in [0.4, 0.5) is 8.78 Å². The number of carbonyl (C=O) groups is 1. The summed E-state index contributed by atoms with van der Waals surface area (Å²) in [5.74, 6) is -2.30. The summed E-state index contributed by atoms with van der Waals surface area (Å²) in [4.78, 5) is 10.4. The first-order valence-corrected chi connectivity index (χ1v) is 3.57. The van der Waals surface area contributed by atoms with Gasteiger partial charge in [-0.25, -0.2) is 0 Å². The van der Waals surface area contributed by atoms with E-state index >= 15 is 0 Å². The molecule has 0 aromatic heterocycles. The van der Waals surface area contributed by atoms with Gasteiger partial charge in [0.2, 0.25) is 0 Å². The summed E-state index contributed by atoms with van der Waals surface area (Å²) in [6.45, 7) is 0. The Hall–Kier alpha value is -0.970. The number of rotatable bonds is 1. The summed E-state index contributed by atoms with van der Waals surface area (Å²) in [5, 5.41) is 8.53. The van der Waals surface area contributed by atoms with Crippen LogP contribution >= 0.6 is 0 Å². The lowest BCUT2D eigenvalue weighted by Gasteiger charge is -2.07. The summed E-state index contributed by atoms with van der Waals surface area (Å²) < 4.78 is 24.3. The summed E-state index contributed by atoms with van der Waals surface area (Å²) in [7, 11) is 0. The van der Waals surface area contributed by atoms with E-state index in [-0.39, 0.29) is 6.42 Å². The van der Waals surface area contributed by atoms with Crippen LogP contribution in [-0.2, 0) is 4.79 Å². The molecule has 0 heterocycles. The van der Waals surface area contributed by atoms with E-state index in [0.717, 1.165) is 0 Å². The first-order chi connectivity index (χ1) is 5.54. The van der Waals surface area contributed by atoms with Gasteiger partial charge in [-0.1, -0.05) is 0 Å². The Morgan fingerprint density at radius 3 is 2.42 bits per heavy atom. The van der Waals surface area contributed by atoms with Crippen molar-refractivity contribution in [3.8, 4) is 0 Å². The van der Waals surface area contributed by atoms with Gasteiger partial charge in [-0.3, -0.25) is 4.79 Å². The minimum Gasteiger partial charge on any atom is -0.481 e. The Balaban J connectivity index is 2.93. The highest BCUT2D eigenvalue weighted by molar-refractivity contribution is 5.74. The van der Waals surface area contributed by atoms with Gasteiger partial charge in [0.25, 0.3) is 6.08 Å². The van der Waals surface area contributed by atoms with Crippen molar-refractivity contribution in [1.82, 2.24) is 0 Å². The molecule has 3 nitrogen and oxygen atoms in total. The lowest BCUT2D eigenvalue weighted by Crippen LogP contribution is -2.22. The van der Waals surface area contributed by atoms with Gasteiger partial charge in [-0.15, -0.1) is 0 Å². The van der Waals surface area contributed by atoms with Gasteiger partial charge in [0, 0.05) is 11.6 Å². The van der Waals surface area contributed by atoms with Gasteiger partial charge in [0.1, 0.15) is 0 Å². The summed E-state index contributed by atoms with van der Waals surface area (Å²) in [6.07, 6.45) is -1.40. The maximum absolute atomic E-state index is 12.1. The molecule has 1 aliphatic carbocycles. The second kappa shape index (κ2) is 3.18. The first kappa shape index (κ1) is 9.12. The monoisotopic (exact) mass is 177 g/mol. The van der Waals surface area contributed by atoms with Crippen molar-refractivity contribution in [3.05, 3.63) is 11.7 Å². The van der Waals surface area contributed by atoms with Gasteiger partial charge in [0.15, 0.2) is 0 Å². The van der Waals surface area contributed by atoms with Gasteiger partial charge in [-0.05, 0) is 12.8 Å². The second-order valence-corrected chi connectivity index (χ2v) is 2.79. The molecular weight excluding hydrogens is 168 g/mol. The molecule has 2 atom stereocenters. The average molecular weight is 177 g/mol. The highest BCUT2D eigenvalue weighted by atomic mass is 19.3. The highest BCUT2D eigenvalue weighted by Crippen LogP contribution is 2.33. The molecule has 0 bridgehead atoms. The zero-order valence-corrected chi connectivity index (χ0v) is 6.26. The molecule has 0 unspecified atom stereocenters.